The van der Waals surface area contributed by atoms with E-state index in [4.69, 9.17) is 4.74 Å². The molecule has 0 bridgehead atoms. The minimum absolute atomic E-state index is 0.332. The SMILES string of the molecule is C=CC(=O)OCC/C=C/CCCCCCCCCCCCCCCCCC. The van der Waals surface area contributed by atoms with Crippen LogP contribution in [0, 0.1) is 0 Å². The Morgan fingerprint density at radius 1 is 0.667 bits per heavy atom. The van der Waals surface area contributed by atoms with Gasteiger partial charge < -0.3 is 4.74 Å². The second-order valence-electron chi connectivity index (χ2n) is 7.72. The van der Waals surface area contributed by atoms with Crippen LogP contribution in [0.15, 0.2) is 24.8 Å². The van der Waals surface area contributed by atoms with Crippen molar-refractivity contribution in [3.8, 4) is 0 Å². The number of hydrogen-bond acceptors (Lipinski definition) is 2. The summed E-state index contributed by atoms with van der Waals surface area (Å²) in [6.07, 6.45) is 30.1. The molecule has 0 atom stereocenters. The summed E-state index contributed by atoms with van der Waals surface area (Å²) >= 11 is 0. The van der Waals surface area contributed by atoms with Crippen LogP contribution in [0.1, 0.15) is 122 Å². The molecular weight excluding hydrogens is 332 g/mol. The van der Waals surface area contributed by atoms with Crippen LogP contribution in [0.3, 0.4) is 0 Å². The lowest BCUT2D eigenvalue weighted by molar-refractivity contribution is -0.137. The number of carbonyl (C=O) groups excluding carboxylic acids is 1. The monoisotopic (exact) mass is 378 g/mol. The molecule has 0 amide bonds. The summed E-state index contributed by atoms with van der Waals surface area (Å²) in [5.41, 5.74) is 0. The second kappa shape index (κ2) is 23.0. The fourth-order valence-electron chi connectivity index (χ4n) is 3.33. The van der Waals surface area contributed by atoms with Gasteiger partial charge in [0.2, 0.25) is 0 Å². The molecule has 2 nitrogen and oxygen atoms in total. The standard InChI is InChI=1S/C25H46O2/c1-3-5-6-7-8-9-10-11-12-13-14-15-16-17-18-19-20-21-22-23-24-27-25(26)4-2/h4,21-22H,2-3,5-20,23-24H2,1H3/b22-21+. The van der Waals surface area contributed by atoms with Crippen molar-refractivity contribution in [1.29, 1.82) is 0 Å². The van der Waals surface area contributed by atoms with Gasteiger partial charge in [0.1, 0.15) is 0 Å². The summed E-state index contributed by atoms with van der Waals surface area (Å²) in [4.78, 5) is 10.8. The van der Waals surface area contributed by atoms with E-state index in [2.05, 4.69) is 25.7 Å². The molecule has 0 N–H and O–H groups in total. The first-order valence-electron chi connectivity index (χ1n) is 11.8. The average Bonchev–Trinajstić information content (AvgIpc) is 2.68. The van der Waals surface area contributed by atoms with E-state index < -0.39 is 0 Å². The predicted octanol–water partition coefficient (Wildman–Crippen LogP) is 8.31. The van der Waals surface area contributed by atoms with E-state index >= 15 is 0 Å². The quantitative estimate of drug-likeness (QED) is 0.0868. The summed E-state index contributed by atoms with van der Waals surface area (Å²) < 4.78 is 4.92. The molecule has 0 aromatic rings. The maximum Gasteiger partial charge on any atom is 0.330 e. The molecule has 0 aliphatic carbocycles. The normalized spacial score (nSPS) is 11.1. The molecule has 2 heteroatoms. The van der Waals surface area contributed by atoms with Gasteiger partial charge in [0, 0.05) is 6.08 Å². The Hall–Kier alpha value is -1.05. The number of carbonyl (C=O) groups is 1. The van der Waals surface area contributed by atoms with Gasteiger partial charge in [0.25, 0.3) is 0 Å². The Kier molecular flexibility index (Phi) is 22.1. The molecule has 0 saturated heterocycles. The highest BCUT2D eigenvalue weighted by Gasteiger charge is 1.95. The van der Waals surface area contributed by atoms with Crippen LogP contribution in [-0.4, -0.2) is 12.6 Å². The molecule has 0 rings (SSSR count). The number of esters is 1. The van der Waals surface area contributed by atoms with Crippen molar-refractivity contribution in [2.75, 3.05) is 6.61 Å². The maximum atomic E-state index is 10.8. The second-order valence-corrected chi connectivity index (χ2v) is 7.72. The van der Waals surface area contributed by atoms with Crippen LogP contribution in [0.25, 0.3) is 0 Å². The summed E-state index contributed by atoms with van der Waals surface area (Å²) in [6, 6.07) is 0. The highest BCUT2D eigenvalue weighted by Crippen LogP contribution is 2.14. The summed E-state index contributed by atoms with van der Waals surface area (Å²) in [7, 11) is 0. The fourth-order valence-corrected chi connectivity index (χ4v) is 3.33. The molecule has 0 aliphatic heterocycles. The third-order valence-electron chi connectivity index (χ3n) is 5.09. The van der Waals surface area contributed by atoms with Gasteiger partial charge in [0.05, 0.1) is 6.61 Å². The lowest BCUT2D eigenvalue weighted by Gasteiger charge is -2.03. The zero-order chi connectivity index (χ0) is 19.8. The molecular formula is C25H46O2. The number of hydrogen-bond donors (Lipinski definition) is 0. The lowest BCUT2D eigenvalue weighted by atomic mass is 10.0. The third kappa shape index (κ3) is 22.9. The summed E-state index contributed by atoms with van der Waals surface area (Å²) in [6.45, 7) is 6.12. The van der Waals surface area contributed by atoms with Gasteiger partial charge in [-0.25, -0.2) is 4.79 Å². The van der Waals surface area contributed by atoms with Crippen LogP contribution < -0.4 is 0 Å². The van der Waals surface area contributed by atoms with Gasteiger partial charge in [-0.1, -0.05) is 122 Å². The van der Waals surface area contributed by atoms with Crippen molar-refractivity contribution in [1.82, 2.24) is 0 Å². The molecule has 0 aromatic carbocycles. The van der Waals surface area contributed by atoms with E-state index in [1.807, 2.05) is 0 Å². The minimum Gasteiger partial charge on any atom is -0.462 e. The van der Waals surface area contributed by atoms with Crippen LogP contribution in [0.2, 0.25) is 0 Å². The zero-order valence-corrected chi connectivity index (χ0v) is 18.2. The average molecular weight is 379 g/mol. The fraction of sp³-hybridized carbons (Fsp3) is 0.800. The number of rotatable bonds is 21. The van der Waals surface area contributed by atoms with Gasteiger partial charge in [-0.15, -0.1) is 0 Å². The van der Waals surface area contributed by atoms with Gasteiger partial charge in [-0.05, 0) is 19.3 Å². The van der Waals surface area contributed by atoms with E-state index in [9.17, 15) is 4.79 Å². The van der Waals surface area contributed by atoms with Crippen LogP contribution in [0.4, 0.5) is 0 Å². The Balaban J connectivity index is 3.08. The predicted molar refractivity (Wildman–Crippen MR) is 119 cm³/mol. The van der Waals surface area contributed by atoms with Gasteiger partial charge in [-0.3, -0.25) is 0 Å². The molecule has 27 heavy (non-hydrogen) atoms. The molecule has 158 valence electrons. The lowest BCUT2D eigenvalue weighted by Crippen LogP contribution is -2.00. The van der Waals surface area contributed by atoms with Gasteiger partial charge in [-0.2, -0.15) is 0 Å². The van der Waals surface area contributed by atoms with E-state index in [1.54, 1.807) is 0 Å². The first-order valence-corrected chi connectivity index (χ1v) is 11.8. The van der Waals surface area contributed by atoms with E-state index in [1.165, 1.54) is 109 Å². The Bertz CT molecular complexity index is 346. The van der Waals surface area contributed by atoms with Crippen molar-refractivity contribution in [3.05, 3.63) is 24.8 Å². The van der Waals surface area contributed by atoms with E-state index in [-0.39, 0.29) is 5.97 Å². The third-order valence-corrected chi connectivity index (χ3v) is 5.09. The first-order chi connectivity index (χ1) is 13.3. The molecule has 0 spiro atoms. The van der Waals surface area contributed by atoms with Crippen molar-refractivity contribution in [2.24, 2.45) is 0 Å². The van der Waals surface area contributed by atoms with E-state index in [0.717, 1.165) is 12.8 Å². The van der Waals surface area contributed by atoms with Crippen molar-refractivity contribution >= 4 is 5.97 Å². The summed E-state index contributed by atoms with van der Waals surface area (Å²) in [5.74, 6) is -0.332. The minimum atomic E-state index is -0.332. The molecule has 0 radical (unpaired) electrons. The highest BCUT2D eigenvalue weighted by molar-refractivity contribution is 5.81. The van der Waals surface area contributed by atoms with Crippen molar-refractivity contribution < 1.29 is 9.53 Å². The van der Waals surface area contributed by atoms with E-state index in [0.29, 0.717) is 6.61 Å². The molecule has 0 aliphatic rings. The number of unbranched alkanes of at least 4 members (excludes halogenated alkanes) is 16. The maximum absolute atomic E-state index is 10.8. The highest BCUT2D eigenvalue weighted by atomic mass is 16.5. The van der Waals surface area contributed by atoms with Crippen LogP contribution in [0.5, 0.6) is 0 Å². The number of allylic oxidation sites excluding steroid dienone is 1. The summed E-state index contributed by atoms with van der Waals surface area (Å²) in [5, 5.41) is 0. The number of ether oxygens (including phenoxy) is 1. The zero-order valence-electron chi connectivity index (χ0n) is 18.2. The molecule has 0 fully saturated rings. The Morgan fingerprint density at radius 3 is 1.52 bits per heavy atom. The Labute approximate surface area is 169 Å². The first kappa shape index (κ1) is 26.0. The molecule has 0 heterocycles. The van der Waals surface area contributed by atoms with Gasteiger partial charge in [0.15, 0.2) is 0 Å². The largest absolute Gasteiger partial charge is 0.462 e. The van der Waals surface area contributed by atoms with Crippen LogP contribution >= 0.6 is 0 Å². The topological polar surface area (TPSA) is 26.3 Å². The Morgan fingerprint density at radius 2 is 1.07 bits per heavy atom. The van der Waals surface area contributed by atoms with Crippen LogP contribution in [-0.2, 0) is 9.53 Å². The molecule has 0 unspecified atom stereocenters. The molecule has 0 saturated carbocycles. The van der Waals surface area contributed by atoms with Crippen molar-refractivity contribution in [3.63, 3.8) is 0 Å². The molecule has 0 aromatic heterocycles. The van der Waals surface area contributed by atoms with Gasteiger partial charge >= 0.3 is 5.97 Å². The smallest absolute Gasteiger partial charge is 0.330 e. The van der Waals surface area contributed by atoms with Crippen molar-refractivity contribution in [2.45, 2.75) is 122 Å².